The number of rotatable bonds is 3. The zero-order valence-corrected chi connectivity index (χ0v) is 10.6. The number of nitrogens with zero attached hydrogens (tertiary/aromatic N) is 2. The standard InChI is InChI=1S/C10H15BrN2O/c1-7(14)5-10(2,3)9-8(11)6-12-13(9)4/h6H,5H2,1-4H3. The Balaban J connectivity index is 3.08. The van der Waals surface area contributed by atoms with Gasteiger partial charge in [-0.05, 0) is 22.9 Å². The Kier molecular flexibility index (Phi) is 3.14. The summed E-state index contributed by atoms with van der Waals surface area (Å²) in [5.41, 5.74) is 0.892. The van der Waals surface area contributed by atoms with E-state index in [2.05, 4.69) is 34.9 Å². The fourth-order valence-corrected chi connectivity index (χ4v) is 2.76. The molecule has 0 saturated carbocycles. The van der Waals surface area contributed by atoms with Crippen LogP contribution < -0.4 is 0 Å². The predicted octanol–water partition coefficient (Wildman–Crippen LogP) is 2.44. The van der Waals surface area contributed by atoms with E-state index in [1.54, 1.807) is 13.1 Å². The van der Waals surface area contributed by atoms with Crippen molar-refractivity contribution in [2.24, 2.45) is 7.05 Å². The summed E-state index contributed by atoms with van der Waals surface area (Å²) in [5.74, 6) is 0.197. The van der Waals surface area contributed by atoms with Crippen molar-refractivity contribution in [2.75, 3.05) is 0 Å². The van der Waals surface area contributed by atoms with Crippen LogP contribution >= 0.6 is 15.9 Å². The minimum Gasteiger partial charge on any atom is -0.300 e. The van der Waals surface area contributed by atoms with Crippen LogP contribution in [0.25, 0.3) is 0 Å². The molecule has 4 heteroatoms. The third-order valence-corrected chi connectivity index (χ3v) is 2.81. The monoisotopic (exact) mass is 258 g/mol. The Morgan fingerprint density at radius 3 is 2.57 bits per heavy atom. The Morgan fingerprint density at radius 2 is 2.21 bits per heavy atom. The molecular weight excluding hydrogens is 244 g/mol. The highest BCUT2D eigenvalue weighted by Gasteiger charge is 2.28. The lowest BCUT2D eigenvalue weighted by atomic mass is 9.84. The van der Waals surface area contributed by atoms with Gasteiger partial charge in [0.15, 0.2) is 0 Å². The number of hydrogen-bond donors (Lipinski definition) is 0. The SMILES string of the molecule is CC(=O)CC(C)(C)c1c(Br)cnn1C. The minimum absolute atomic E-state index is 0.171. The van der Waals surface area contributed by atoms with Crippen LogP contribution in [0.2, 0.25) is 0 Å². The topological polar surface area (TPSA) is 34.9 Å². The Morgan fingerprint density at radius 1 is 1.64 bits per heavy atom. The summed E-state index contributed by atoms with van der Waals surface area (Å²) < 4.78 is 2.78. The lowest BCUT2D eigenvalue weighted by Gasteiger charge is -2.24. The molecule has 0 aliphatic carbocycles. The van der Waals surface area contributed by atoms with E-state index < -0.39 is 0 Å². The largest absolute Gasteiger partial charge is 0.300 e. The molecule has 1 aromatic rings. The highest BCUT2D eigenvalue weighted by Crippen LogP contribution is 2.32. The minimum atomic E-state index is -0.171. The maximum atomic E-state index is 11.1. The van der Waals surface area contributed by atoms with E-state index in [9.17, 15) is 4.79 Å². The summed E-state index contributed by atoms with van der Waals surface area (Å²) in [6.07, 6.45) is 2.29. The van der Waals surface area contributed by atoms with Crippen LogP contribution in [0.3, 0.4) is 0 Å². The number of hydrogen-bond acceptors (Lipinski definition) is 2. The summed E-state index contributed by atoms with van der Waals surface area (Å²) in [7, 11) is 1.89. The molecule has 1 rings (SSSR count). The third-order valence-electron chi connectivity index (χ3n) is 2.23. The Bertz CT molecular complexity index is 336. The predicted molar refractivity (Wildman–Crippen MR) is 59.2 cm³/mol. The van der Waals surface area contributed by atoms with E-state index in [1.807, 2.05) is 11.7 Å². The van der Waals surface area contributed by atoms with Gasteiger partial charge >= 0.3 is 0 Å². The van der Waals surface area contributed by atoms with Crippen molar-refractivity contribution in [3.05, 3.63) is 16.4 Å². The summed E-state index contributed by atoms with van der Waals surface area (Å²) in [4.78, 5) is 11.1. The first-order valence-corrected chi connectivity index (χ1v) is 5.31. The molecule has 0 atom stereocenters. The normalized spacial score (nSPS) is 11.8. The first-order valence-electron chi connectivity index (χ1n) is 4.52. The van der Waals surface area contributed by atoms with E-state index in [0.717, 1.165) is 10.2 Å². The molecule has 0 amide bonds. The van der Waals surface area contributed by atoms with Crippen molar-refractivity contribution >= 4 is 21.7 Å². The van der Waals surface area contributed by atoms with Crippen molar-refractivity contribution in [2.45, 2.75) is 32.6 Å². The molecule has 0 N–H and O–H groups in total. The van der Waals surface area contributed by atoms with Gasteiger partial charge in [0.1, 0.15) is 5.78 Å². The zero-order valence-electron chi connectivity index (χ0n) is 8.97. The highest BCUT2D eigenvalue weighted by molar-refractivity contribution is 9.10. The molecule has 0 aliphatic rings. The quantitative estimate of drug-likeness (QED) is 0.835. The number of carbonyl (C=O) groups excluding carboxylic acids is 1. The lowest BCUT2D eigenvalue weighted by molar-refractivity contribution is -0.118. The van der Waals surface area contributed by atoms with E-state index in [-0.39, 0.29) is 11.2 Å². The van der Waals surface area contributed by atoms with Crippen LogP contribution in [-0.2, 0) is 17.3 Å². The lowest BCUT2D eigenvalue weighted by Crippen LogP contribution is -2.24. The van der Waals surface area contributed by atoms with Gasteiger partial charge in [0.25, 0.3) is 0 Å². The first kappa shape index (κ1) is 11.4. The van der Waals surface area contributed by atoms with Gasteiger partial charge < -0.3 is 0 Å². The molecule has 0 aliphatic heterocycles. The molecule has 78 valence electrons. The van der Waals surface area contributed by atoms with E-state index in [1.165, 1.54) is 0 Å². The van der Waals surface area contributed by atoms with Crippen LogP contribution in [0.5, 0.6) is 0 Å². The molecule has 0 spiro atoms. The van der Waals surface area contributed by atoms with Crippen molar-refractivity contribution in [3.8, 4) is 0 Å². The van der Waals surface area contributed by atoms with Gasteiger partial charge in [-0.15, -0.1) is 0 Å². The number of Topliss-reactive ketones (excluding diaryl/α,β-unsaturated/α-hetero) is 1. The average Bonchev–Trinajstić information content (AvgIpc) is 2.27. The van der Waals surface area contributed by atoms with Crippen LogP contribution in [0.1, 0.15) is 32.9 Å². The van der Waals surface area contributed by atoms with Crippen LogP contribution in [0.15, 0.2) is 10.7 Å². The van der Waals surface area contributed by atoms with Crippen molar-refractivity contribution in [1.82, 2.24) is 9.78 Å². The molecule has 0 fully saturated rings. The molecule has 0 bridgehead atoms. The molecule has 0 aromatic carbocycles. The summed E-state index contributed by atoms with van der Waals surface area (Å²) in [6, 6.07) is 0. The second kappa shape index (κ2) is 3.85. The molecule has 14 heavy (non-hydrogen) atoms. The van der Waals surface area contributed by atoms with E-state index in [0.29, 0.717) is 6.42 Å². The van der Waals surface area contributed by atoms with Crippen LogP contribution in [0.4, 0.5) is 0 Å². The van der Waals surface area contributed by atoms with E-state index in [4.69, 9.17) is 0 Å². The molecule has 0 saturated heterocycles. The number of carbonyl (C=O) groups is 1. The van der Waals surface area contributed by atoms with Gasteiger partial charge in [0, 0.05) is 18.9 Å². The highest BCUT2D eigenvalue weighted by atomic mass is 79.9. The van der Waals surface area contributed by atoms with Crippen molar-refractivity contribution in [1.29, 1.82) is 0 Å². The smallest absolute Gasteiger partial charge is 0.130 e. The summed E-state index contributed by atoms with van der Waals surface area (Å²) in [6.45, 7) is 5.72. The second-order valence-corrected chi connectivity index (χ2v) is 5.08. The molecule has 3 nitrogen and oxygen atoms in total. The molecular formula is C10H15BrN2O. The Hall–Kier alpha value is -0.640. The van der Waals surface area contributed by atoms with Crippen molar-refractivity contribution < 1.29 is 4.79 Å². The van der Waals surface area contributed by atoms with Crippen LogP contribution in [-0.4, -0.2) is 15.6 Å². The number of aryl methyl sites for hydroxylation is 1. The average molecular weight is 259 g/mol. The Labute approximate surface area is 92.6 Å². The maximum absolute atomic E-state index is 11.1. The third kappa shape index (κ3) is 2.23. The van der Waals surface area contributed by atoms with Gasteiger partial charge in [0.2, 0.25) is 0 Å². The van der Waals surface area contributed by atoms with Gasteiger partial charge in [-0.25, -0.2) is 0 Å². The van der Waals surface area contributed by atoms with E-state index >= 15 is 0 Å². The summed E-state index contributed by atoms with van der Waals surface area (Å²) >= 11 is 3.45. The number of halogens is 1. The van der Waals surface area contributed by atoms with Gasteiger partial charge in [-0.3, -0.25) is 9.48 Å². The molecule has 0 unspecified atom stereocenters. The number of aromatic nitrogens is 2. The second-order valence-electron chi connectivity index (χ2n) is 4.23. The number of ketones is 1. The van der Waals surface area contributed by atoms with Crippen LogP contribution in [0, 0.1) is 0 Å². The molecule has 0 radical (unpaired) electrons. The molecule has 1 aromatic heterocycles. The van der Waals surface area contributed by atoms with Gasteiger partial charge in [-0.2, -0.15) is 5.10 Å². The zero-order chi connectivity index (χ0) is 10.9. The first-order chi connectivity index (χ1) is 6.34. The molecule has 1 heterocycles. The van der Waals surface area contributed by atoms with Gasteiger partial charge in [0.05, 0.1) is 16.4 Å². The fourth-order valence-electron chi connectivity index (χ4n) is 1.88. The van der Waals surface area contributed by atoms with Gasteiger partial charge in [-0.1, -0.05) is 13.8 Å². The maximum Gasteiger partial charge on any atom is 0.130 e. The van der Waals surface area contributed by atoms with Crippen molar-refractivity contribution in [3.63, 3.8) is 0 Å². The fraction of sp³-hybridized carbons (Fsp3) is 0.600. The summed E-state index contributed by atoms with van der Waals surface area (Å²) in [5, 5.41) is 4.15.